The van der Waals surface area contributed by atoms with E-state index in [0.717, 1.165) is 43.2 Å². The van der Waals surface area contributed by atoms with Crippen LogP contribution in [0.25, 0.3) is 0 Å². The molecule has 0 amide bonds. The monoisotopic (exact) mass is 408 g/mol. The third-order valence-corrected chi connectivity index (χ3v) is 5.35. The Hall–Kier alpha value is -2.55. The van der Waals surface area contributed by atoms with E-state index in [1.807, 2.05) is 0 Å². The molecule has 0 saturated heterocycles. The van der Waals surface area contributed by atoms with Crippen molar-refractivity contribution in [3.8, 4) is 0 Å². The summed E-state index contributed by atoms with van der Waals surface area (Å²) in [6.07, 6.45) is -1.45. The number of H-pyrrole nitrogens is 1. The van der Waals surface area contributed by atoms with Crippen molar-refractivity contribution < 1.29 is 17.6 Å². The highest BCUT2D eigenvalue weighted by atomic mass is 19.4. The Morgan fingerprint density at radius 2 is 2.00 bits per heavy atom. The van der Waals surface area contributed by atoms with Gasteiger partial charge in [0, 0.05) is 38.2 Å². The summed E-state index contributed by atoms with van der Waals surface area (Å²) in [4.78, 5) is 26.0. The van der Waals surface area contributed by atoms with Crippen LogP contribution >= 0.6 is 0 Å². The molecule has 0 unspecified atom stereocenters. The number of alkyl halides is 3. The lowest BCUT2D eigenvalue weighted by Crippen LogP contribution is -2.37. The van der Waals surface area contributed by atoms with Crippen molar-refractivity contribution in [3.05, 3.63) is 62.6 Å². The number of aromatic amines is 1. The lowest BCUT2D eigenvalue weighted by atomic mass is 10.0. The van der Waals surface area contributed by atoms with Crippen molar-refractivity contribution in [2.75, 3.05) is 13.1 Å². The Labute approximate surface area is 164 Å². The van der Waals surface area contributed by atoms with E-state index in [4.69, 9.17) is 0 Å². The van der Waals surface area contributed by atoms with Crippen molar-refractivity contribution in [2.45, 2.75) is 44.9 Å². The average molecular weight is 408 g/mol. The summed E-state index contributed by atoms with van der Waals surface area (Å²) in [6, 6.07) is 2.95. The van der Waals surface area contributed by atoms with Gasteiger partial charge in [-0.3, -0.25) is 14.7 Å². The Morgan fingerprint density at radius 3 is 2.72 bits per heavy atom. The Balaban J connectivity index is 1.59. The summed E-state index contributed by atoms with van der Waals surface area (Å²) in [5.41, 5.74) is 0.147. The van der Waals surface area contributed by atoms with E-state index in [1.54, 1.807) is 4.90 Å². The highest BCUT2D eigenvalue weighted by Crippen LogP contribution is 2.34. The minimum Gasteiger partial charge on any atom is -0.305 e. The molecular formula is C20H20F4N4O. The van der Waals surface area contributed by atoms with Crippen LogP contribution in [0.4, 0.5) is 17.6 Å². The number of nitrogens with zero attached hydrogens (tertiary/aromatic N) is 3. The summed E-state index contributed by atoms with van der Waals surface area (Å²) in [5, 5.41) is 0. The normalized spacial score (nSPS) is 17.7. The Kier molecular flexibility index (Phi) is 5.24. The number of nitrogens with one attached hydrogen (secondary N) is 1. The zero-order chi connectivity index (χ0) is 20.6. The van der Waals surface area contributed by atoms with Gasteiger partial charge in [-0.05, 0) is 31.4 Å². The number of rotatable bonds is 3. The van der Waals surface area contributed by atoms with E-state index < -0.39 is 23.1 Å². The first-order chi connectivity index (χ1) is 13.8. The zero-order valence-electron chi connectivity index (χ0n) is 15.7. The molecule has 0 fully saturated rings. The van der Waals surface area contributed by atoms with Gasteiger partial charge in [-0.2, -0.15) is 13.2 Å². The molecule has 1 N–H and O–H groups in total. The van der Waals surface area contributed by atoms with Gasteiger partial charge in [0.25, 0.3) is 5.56 Å². The van der Waals surface area contributed by atoms with E-state index in [1.165, 1.54) is 0 Å². The smallest absolute Gasteiger partial charge is 0.305 e. The lowest BCUT2D eigenvalue weighted by molar-refractivity contribution is -0.138. The third kappa shape index (κ3) is 4.10. The molecule has 1 aromatic carbocycles. The number of aliphatic imine (C=N–C) groups is 1. The molecule has 2 aliphatic rings. The molecule has 3 heterocycles. The summed E-state index contributed by atoms with van der Waals surface area (Å²) < 4.78 is 53.9. The van der Waals surface area contributed by atoms with Gasteiger partial charge in [0.1, 0.15) is 5.82 Å². The molecule has 0 spiro atoms. The standard InChI is InChI=1S/C20H20F4N4O/c21-15-5-3-4-14(20(22,23)24)12(15)10-28-9-7-16-13(11-28)19(29)27-18(26-16)17-6-1-2-8-25-17/h3-5H,1-2,6-11H2,(H,26,27,29). The predicted octanol–water partition coefficient (Wildman–Crippen LogP) is 3.46. The topological polar surface area (TPSA) is 61.4 Å². The number of aromatic nitrogens is 2. The molecule has 0 radical (unpaired) electrons. The van der Waals surface area contributed by atoms with Crippen molar-refractivity contribution in [1.29, 1.82) is 0 Å². The maximum absolute atomic E-state index is 14.1. The van der Waals surface area contributed by atoms with Crippen LogP contribution in [0.5, 0.6) is 0 Å². The first kappa shape index (κ1) is 19.8. The largest absolute Gasteiger partial charge is 0.416 e. The first-order valence-corrected chi connectivity index (χ1v) is 9.55. The fourth-order valence-electron chi connectivity index (χ4n) is 3.85. The van der Waals surface area contributed by atoms with Crippen molar-refractivity contribution >= 4 is 5.71 Å². The maximum atomic E-state index is 14.1. The molecule has 0 aliphatic carbocycles. The lowest BCUT2D eigenvalue weighted by Gasteiger charge is -2.29. The number of hydrogen-bond acceptors (Lipinski definition) is 4. The quantitative estimate of drug-likeness (QED) is 0.792. The van der Waals surface area contributed by atoms with Crippen LogP contribution in [-0.4, -0.2) is 33.7 Å². The van der Waals surface area contributed by atoms with E-state index in [2.05, 4.69) is 15.0 Å². The molecule has 1 aromatic heterocycles. The van der Waals surface area contributed by atoms with E-state index in [-0.39, 0.29) is 18.6 Å². The SMILES string of the molecule is O=c1[nH]c(C2=NCCCC2)nc2c1CN(Cc1c(F)cccc1C(F)(F)F)CC2. The van der Waals surface area contributed by atoms with Crippen molar-refractivity contribution in [1.82, 2.24) is 14.9 Å². The van der Waals surface area contributed by atoms with Gasteiger partial charge in [-0.25, -0.2) is 9.37 Å². The highest BCUT2D eigenvalue weighted by molar-refractivity contribution is 5.97. The average Bonchev–Trinajstić information content (AvgIpc) is 2.69. The molecule has 0 bridgehead atoms. The molecule has 2 aromatic rings. The van der Waals surface area contributed by atoms with Crippen LogP contribution in [0, 0.1) is 5.82 Å². The van der Waals surface area contributed by atoms with Gasteiger partial charge in [-0.1, -0.05) is 6.07 Å². The molecule has 154 valence electrons. The van der Waals surface area contributed by atoms with Crippen LogP contribution < -0.4 is 5.56 Å². The van der Waals surface area contributed by atoms with Crippen LogP contribution in [-0.2, 0) is 25.7 Å². The Bertz CT molecular complexity index is 1010. The molecule has 4 rings (SSSR count). The molecule has 2 aliphatic heterocycles. The predicted molar refractivity (Wildman–Crippen MR) is 99.3 cm³/mol. The minimum atomic E-state index is -4.64. The first-order valence-electron chi connectivity index (χ1n) is 9.55. The van der Waals surface area contributed by atoms with E-state index in [9.17, 15) is 22.4 Å². The van der Waals surface area contributed by atoms with Gasteiger partial charge in [-0.15, -0.1) is 0 Å². The number of benzene rings is 1. The van der Waals surface area contributed by atoms with Gasteiger partial charge >= 0.3 is 6.18 Å². The van der Waals surface area contributed by atoms with Crippen LogP contribution in [0.1, 0.15) is 47.5 Å². The number of hydrogen-bond donors (Lipinski definition) is 1. The highest BCUT2D eigenvalue weighted by Gasteiger charge is 2.35. The van der Waals surface area contributed by atoms with E-state index in [0.29, 0.717) is 36.6 Å². The molecular weight excluding hydrogens is 388 g/mol. The van der Waals surface area contributed by atoms with Gasteiger partial charge in [0.15, 0.2) is 5.82 Å². The van der Waals surface area contributed by atoms with Gasteiger partial charge in [0.05, 0.1) is 22.5 Å². The van der Waals surface area contributed by atoms with Gasteiger partial charge in [0.2, 0.25) is 0 Å². The molecule has 9 heteroatoms. The number of fused-ring (bicyclic) bond motifs is 1. The van der Waals surface area contributed by atoms with Crippen LogP contribution in [0.3, 0.4) is 0 Å². The van der Waals surface area contributed by atoms with Crippen LogP contribution in [0.2, 0.25) is 0 Å². The fraction of sp³-hybridized carbons (Fsp3) is 0.450. The number of halogens is 4. The van der Waals surface area contributed by atoms with Crippen molar-refractivity contribution in [3.63, 3.8) is 0 Å². The zero-order valence-corrected chi connectivity index (χ0v) is 15.7. The summed E-state index contributed by atoms with van der Waals surface area (Å²) >= 11 is 0. The van der Waals surface area contributed by atoms with Crippen LogP contribution in [0.15, 0.2) is 28.0 Å². The molecule has 5 nitrogen and oxygen atoms in total. The Morgan fingerprint density at radius 1 is 1.17 bits per heavy atom. The summed E-state index contributed by atoms with van der Waals surface area (Å²) in [6.45, 7) is 1.000. The molecule has 0 saturated carbocycles. The second-order valence-electron chi connectivity index (χ2n) is 7.35. The molecule has 0 atom stereocenters. The minimum absolute atomic E-state index is 0.121. The fourth-order valence-corrected chi connectivity index (χ4v) is 3.85. The second kappa shape index (κ2) is 7.70. The van der Waals surface area contributed by atoms with E-state index >= 15 is 0 Å². The second-order valence-corrected chi connectivity index (χ2v) is 7.35. The molecule has 29 heavy (non-hydrogen) atoms. The van der Waals surface area contributed by atoms with Crippen molar-refractivity contribution in [2.24, 2.45) is 4.99 Å². The maximum Gasteiger partial charge on any atom is 0.416 e. The third-order valence-electron chi connectivity index (χ3n) is 5.35. The summed E-state index contributed by atoms with van der Waals surface area (Å²) in [5.74, 6) is -0.418. The van der Waals surface area contributed by atoms with Gasteiger partial charge < -0.3 is 4.98 Å². The summed E-state index contributed by atoms with van der Waals surface area (Å²) in [7, 11) is 0.